The first-order chi connectivity index (χ1) is 21.4. The van der Waals surface area contributed by atoms with E-state index in [0.29, 0.717) is 0 Å². The van der Waals surface area contributed by atoms with Crippen LogP contribution in [0, 0.1) is 6.92 Å². The number of rotatable bonds is 7. The third kappa shape index (κ3) is 4.87. The number of para-hydroxylation sites is 1. The highest BCUT2D eigenvalue weighted by molar-refractivity contribution is 6.16. The van der Waals surface area contributed by atoms with Crippen molar-refractivity contribution in [1.29, 1.82) is 0 Å². The summed E-state index contributed by atoms with van der Waals surface area (Å²) in [5.74, 6) is 0.230. The second-order valence-electron chi connectivity index (χ2n) is 11.6. The van der Waals surface area contributed by atoms with E-state index in [1.165, 1.54) is 21.9 Å². The van der Waals surface area contributed by atoms with Crippen LogP contribution in [0.5, 0.6) is 0 Å². The Hall–Kier alpha value is -5.09. The fourth-order valence-electron chi connectivity index (χ4n) is 6.55. The second-order valence-corrected chi connectivity index (χ2v) is 11.6. The number of nitrogen functional groups attached to an aromatic ring is 1. The third-order valence-corrected chi connectivity index (χ3v) is 8.85. The van der Waals surface area contributed by atoms with Crippen molar-refractivity contribution in [3.05, 3.63) is 150 Å². The molecule has 4 nitrogen and oxygen atoms in total. The van der Waals surface area contributed by atoms with Crippen molar-refractivity contribution in [3.63, 3.8) is 0 Å². The first-order valence-electron chi connectivity index (χ1n) is 15.2. The third-order valence-electron chi connectivity index (χ3n) is 8.85. The van der Waals surface area contributed by atoms with Gasteiger partial charge in [0.15, 0.2) is 0 Å². The maximum absolute atomic E-state index is 6.42. The Morgan fingerprint density at radius 3 is 2.50 bits per heavy atom. The average molecular weight is 577 g/mol. The van der Waals surface area contributed by atoms with Crippen molar-refractivity contribution in [2.24, 2.45) is 4.99 Å². The van der Waals surface area contributed by atoms with Crippen LogP contribution in [0.15, 0.2) is 144 Å². The summed E-state index contributed by atoms with van der Waals surface area (Å²) < 4.78 is 2.41. The van der Waals surface area contributed by atoms with Crippen LogP contribution in [0.25, 0.3) is 27.5 Å². The fourth-order valence-corrected chi connectivity index (χ4v) is 6.55. The zero-order valence-corrected chi connectivity index (χ0v) is 26.3. The van der Waals surface area contributed by atoms with Crippen molar-refractivity contribution in [3.8, 4) is 0 Å². The van der Waals surface area contributed by atoms with Gasteiger partial charge in [-0.25, -0.2) is 0 Å². The molecule has 0 radical (unpaired) electrons. The van der Waals surface area contributed by atoms with E-state index in [1.54, 1.807) is 0 Å². The number of fused-ring (bicyclic) bond motifs is 6. The Kier molecular flexibility index (Phi) is 7.84. The van der Waals surface area contributed by atoms with Crippen LogP contribution in [0.2, 0.25) is 0 Å². The summed E-state index contributed by atoms with van der Waals surface area (Å²) >= 11 is 0. The number of nitrogens with zero attached hydrogens (tertiary/aromatic N) is 3. The van der Waals surface area contributed by atoms with Crippen molar-refractivity contribution in [1.82, 2.24) is 4.57 Å². The molecule has 1 aliphatic carbocycles. The highest BCUT2D eigenvalue weighted by atomic mass is 15.2. The molecule has 0 bridgehead atoms. The molecule has 6 rings (SSSR count). The normalized spacial score (nSPS) is 19.2. The first kappa shape index (κ1) is 29.0. The van der Waals surface area contributed by atoms with Gasteiger partial charge in [0.25, 0.3) is 0 Å². The number of anilines is 2. The Balaban J connectivity index is 1.73. The van der Waals surface area contributed by atoms with Gasteiger partial charge in [0.05, 0.1) is 22.8 Å². The number of allylic oxidation sites excluding steroid dienone is 10. The Labute approximate surface area is 260 Å². The van der Waals surface area contributed by atoms with Gasteiger partial charge < -0.3 is 15.2 Å². The monoisotopic (exact) mass is 576 g/mol. The average Bonchev–Trinajstić information content (AvgIpc) is 3.53. The van der Waals surface area contributed by atoms with Crippen LogP contribution in [-0.4, -0.2) is 23.4 Å². The van der Waals surface area contributed by atoms with Crippen LogP contribution in [0.3, 0.4) is 0 Å². The van der Waals surface area contributed by atoms with Gasteiger partial charge in [0.1, 0.15) is 0 Å². The number of nitrogens with two attached hydrogens (primary N) is 1. The van der Waals surface area contributed by atoms with Crippen LogP contribution >= 0.6 is 0 Å². The molecule has 1 aromatic heterocycles. The Bertz CT molecular complexity index is 2000. The predicted octanol–water partition coefficient (Wildman–Crippen LogP) is 9.68. The summed E-state index contributed by atoms with van der Waals surface area (Å²) in [5, 5.41) is 2.44. The molecule has 2 N–H and O–H groups in total. The summed E-state index contributed by atoms with van der Waals surface area (Å²) in [6.07, 6.45) is 19.5. The molecule has 0 spiro atoms. The van der Waals surface area contributed by atoms with E-state index < -0.39 is 0 Å². The molecule has 2 unspecified atom stereocenters. The van der Waals surface area contributed by atoms with Gasteiger partial charge >= 0.3 is 0 Å². The van der Waals surface area contributed by atoms with Gasteiger partial charge in [-0.05, 0) is 74.7 Å². The van der Waals surface area contributed by atoms with Gasteiger partial charge in [-0.3, -0.25) is 4.99 Å². The number of aliphatic imine (C=N–C) groups is 1. The minimum absolute atomic E-state index is 0.114. The fraction of sp³-hybridized carbons (Fsp3) is 0.175. The lowest BCUT2D eigenvalue weighted by Crippen LogP contribution is -2.32. The van der Waals surface area contributed by atoms with E-state index in [2.05, 4.69) is 140 Å². The van der Waals surface area contributed by atoms with E-state index >= 15 is 0 Å². The van der Waals surface area contributed by atoms with Gasteiger partial charge in [-0.15, -0.1) is 0 Å². The molecule has 2 heterocycles. The van der Waals surface area contributed by atoms with Gasteiger partial charge in [0.2, 0.25) is 0 Å². The highest BCUT2D eigenvalue weighted by Gasteiger charge is 2.38. The molecule has 1 aliphatic heterocycles. The lowest BCUT2D eigenvalue weighted by Gasteiger charge is -2.31. The molecule has 4 heteroatoms. The Morgan fingerprint density at radius 2 is 1.73 bits per heavy atom. The second kappa shape index (κ2) is 11.9. The highest BCUT2D eigenvalue weighted by Crippen LogP contribution is 2.48. The van der Waals surface area contributed by atoms with Crippen LogP contribution < -0.4 is 10.6 Å². The van der Waals surface area contributed by atoms with Crippen molar-refractivity contribution < 1.29 is 0 Å². The SMILES string of the molecule is C=C\C(C)=C(/C=C(/C(=C/C=C\C)C(C)=NC)n1c2ccccc2c2ccc(C)cc21)N1c2cc(N)ccc2C2C=CC=CC21. The quantitative estimate of drug-likeness (QED) is 0.135. The lowest BCUT2D eigenvalue weighted by molar-refractivity contribution is 0.727. The maximum Gasteiger partial charge on any atom is 0.0629 e. The van der Waals surface area contributed by atoms with E-state index in [9.17, 15) is 0 Å². The molecular formula is C40H40N4. The minimum atomic E-state index is 0.114. The molecule has 0 saturated heterocycles. The van der Waals surface area contributed by atoms with Crippen molar-refractivity contribution >= 4 is 44.6 Å². The lowest BCUT2D eigenvalue weighted by atomic mass is 9.91. The number of hydrogen-bond donors (Lipinski definition) is 1. The summed E-state index contributed by atoms with van der Waals surface area (Å²) in [6, 6.07) is 21.8. The maximum atomic E-state index is 6.42. The largest absolute Gasteiger partial charge is 0.399 e. The van der Waals surface area contributed by atoms with Crippen molar-refractivity contribution in [2.45, 2.75) is 39.7 Å². The zero-order chi connectivity index (χ0) is 31.0. The molecule has 0 amide bonds. The molecule has 3 aromatic carbocycles. The minimum Gasteiger partial charge on any atom is -0.399 e. The van der Waals surface area contributed by atoms with Crippen LogP contribution in [-0.2, 0) is 0 Å². The molecule has 2 aliphatic rings. The summed E-state index contributed by atoms with van der Waals surface area (Å²) in [7, 11) is 1.86. The van der Waals surface area contributed by atoms with Gasteiger partial charge in [-0.2, -0.15) is 0 Å². The van der Waals surface area contributed by atoms with E-state index in [0.717, 1.165) is 50.7 Å². The summed E-state index contributed by atoms with van der Waals surface area (Å²) in [4.78, 5) is 7.15. The van der Waals surface area contributed by atoms with Crippen molar-refractivity contribution in [2.75, 3.05) is 17.7 Å². The number of aryl methyl sites for hydroxylation is 1. The number of aromatic nitrogens is 1. The summed E-state index contributed by atoms with van der Waals surface area (Å²) in [6.45, 7) is 12.7. The number of hydrogen-bond acceptors (Lipinski definition) is 3. The molecule has 44 heavy (non-hydrogen) atoms. The topological polar surface area (TPSA) is 46.5 Å². The summed E-state index contributed by atoms with van der Waals surface area (Å²) in [5.41, 5.74) is 18.3. The molecule has 4 aromatic rings. The Morgan fingerprint density at radius 1 is 0.955 bits per heavy atom. The van der Waals surface area contributed by atoms with E-state index in [1.807, 2.05) is 26.1 Å². The molecule has 220 valence electrons. The van der Waals surface area contributed by atoms with Crippen LogP contribution in [0.1, 0.15) is 37.8 Å². The standard InChI is InChI=1S/C40H40N4/c1-7-9-14-30(28(5)42-6)40(44-36-18-13-11-15-31(36)33-21-19-26(3)23-38(33)44)25-37(27(4)8-2)43-35-17-12-10-16-32(35)34-22-20-29(41)24-39(34)43/h7-25,32,35H,2,41H2,1,3-6H3/b9-7-,30-14+,37-27+,40-25-,42-28?. The smallest absolute Gasteiger partial charge is 0.0629 e. The predicted molar refractivity (Wildman–Crippen MR) is 191 cm³/mol. The van der Waals surface area contributed by atoms with Gasteiger partial charge in [-0.1, -0.05) is 91.6 Å². The van der Waals surface area contributed by atoms with Crippen LogP contribution in [0.4, 0.5) is 11.4 Å². The molecular weight excluding hydrogens is 536 g/mol. The zero-order valence-electron chi connectivity index (χ0n) is 26.3. The number of benzene rings is 3. The van der Waals surface area contributed by atoms with Gasteiger partial charge in [0, 0.05) is 52.1 Å². The van der Waals surface area contributed by atoms with E-state index in [4.69, 9.17) is 10.7 Å². The van der Waals surface area contributed by atoms with E-state index in [-0.39, 0.29) is 12.0 Å². The molecule has 2 atom stereocenters. The first-order valence-corrected chi connectivity index (χ1v) is 15.2. The molecule has 0 saturated carbocycles. The molecule has 0 fully saturated rings.